The molecule has 1 aromatic heterocycles. The first-order chi connectivity index (χ1) is 9.66. The van der Waals surface area contributed by atoms with E-state index in [1.807, 2.05) is 6.07 Å². The van der Waals surface area contributed by atoms with Gasteiger partial charge in [0.05, 0.1) is 18.1 Å². The van der Waals surface area contributed by atoms with Crippen LogP contribution in [0.15, 0.2) is 36.7 Å². The minimum absolute atomic E-state index is 0.293. The zero-order chi connectivity index (χ0) is 14.1. The molecule has 1 aromatic rings. The third-order valence-corrected chi connectivity index (χ3v) is 3.68. The van der Waals surface area contributed by atoms with Crippen molar-refractivity contribution in [3.8, 4) is 0 Å². The van der Waals surface area contributed by atoms with Crippen molar-refractivity contribution in [1.29, 1.82) is 0 Å². The Morgan fingerprint density at radius 3 is 2.70 bits per heavy atom. The standard InChI is InChI=1S/C14H14N2O4/c17-13(16-7-8-2-1-5-15-6-8)11-9-3-4-10(20-9)12(11)14(18)19/h1-6,9-12H,7H2,(H,16,17)(H,18,19)/t9-,10+,11+,12-/m0/s1. The maximum absolute atomic E-state index is 12.2. The van der Waals surface area contributed by atoms with Gasteiger partial charge in [0.15, 0.2) is 0 Å². The van der Waals surface area contributed by atoms with E-state index in [0.717, 1.165) is 5.56 Å². The number of rotatable bonds is 4. The number of fused-ring (bicyclic) bond motifs is 2. The normalized spacial score (nSPS) is 30.4. The number of ether oxygens (including phenoxy) is 1. The highest BCUT2D eigenvalue weighted by Crippen LogP contribution is 2.39. The zero-order valence-electron chi connectivity index (χ0n) is 10.6. The predicted octanol–water partition coefficient (Wildman–Crippen LogP) is 0.352. The molecule has 2 bridgehead atoms. The van der Waals surface area contributed by atoms with E-state index in [1.165, 1.54) is 0 Å². The molecule has 0 radical (unpaired) electrons. The third-order valence-electron chi connectivity index (χ3n) is 3.68. The summed E-state index contributed by atoms with van der Waals surface area (Å²) in [4.78, 5) is 27.5. The molecule has 0 saturated carbocycles. The van der Waals surface area contributed by atoms with Gasteiger partial charge in [0.1, 0.15) is 5.92 Å². The second-order valence-electron chi connectivity index (χ2n) is 4.92. The van der Waals surface area contributed by atoms with Crippen LogP contribution in [0, 0.1) is 11.8 Å². The fraction of sp³-hybridized carbons (Fsp3) is 0.357. The van der Waals surface area contributed by atoms with Crippen molar-refractivity contribution < 1.29 is 19.4 Å². The number of aliphatic carboxylic acids is 1. The van der Waals surface area contributed by atoms with E-state index in [9.17, 15) is 14.7 Å². The number of hydrogen-bond acceptors (Lipinski definition) is 4. The summed E-state index contributed by atoms with van der Waals surface area (Å²) in [7, 11) is 0. The van der Waals surface area contributed by atoms with Crippen LogP contribution >= 0.6 is 0 Å². The molecule has 20 heavy (non-hydrogen) atoms. The van der Waals surface area contributed by atoms with Crippen LogP contribution in [0.5, 0.6) is 0 Å². The van der Waals surface area contributed by atoms with Crippen molar-refractivity contribution in [1.82, 2.24) is 10.3 Å². The highest BCUT2D eigenvalue weighted by molar-refractivity contribution is 5.87. The SMILES string of the molecule is O=C(O)[C@@H]1[C@H](C(=O)NCc2cccnc2)[C@@H]2C=C[C@H]1O2. The highest BCUT2D eigenvalue weighted by Gasteiger charge is 2.53. The van der Waals surface area contributed by atoms with E-state index < -0.39 is 30.0 Å². The van der Waals surface area contributed by atoms with Crippen molar-refractivity contribution >= 4 is 11.9 Å². The first-order valence-corrected chi connectivity index (χ1v) is 6.40. The highest BCUT2D eigenvalue weighted by atomic mass is 16.5. The molecule has 3 heterocycles. The van der Waals surface area contributed by atoms with E-state index in [2.05, 4.69) is 10.3 Å². The first-order valence-electron chi connectivity index (χ1n) is 6.40. The number of aromatic nitrogens is 1. The number of nitrogens with one attached hydrogen (secondary N) is 1. The molecular weight excluding hydrogens is 260 g/mol. The van der Waals surface area contributed by atoms with Gasteiger partial charge in [-0.1, -0.05) is 18.2 Å². The number of carboxylic acid groups (broad SMARTS) is 1. The van der Waals surface area contributed by atoms with E-state index in [0.29, 0.717) is 6.54 Å². The summed E-state index contributed by atoms with van der Waals surface area (Å²) in [5.41, 5.74) is 0.868. The van der Waals surface area contributed by atoms with E-state index in [4.69, 9.17) is 4.74 Å². The summed E-state index contributed by atoms with van der Waals surface area (Å²) < 4.78 is 5.47. The van der Waals surface area contributed by atoms with Gasteiger partial charge in [-0.05, 0) is 11.6 Å². The molecule has 2 N–H and O–H groups in total. The zero-order valence-corrected chi connectivity index (χ0v) is 10.6. The maximum atomic E-state index is 12.2. The Bertz CT molecular complexity index is 558. The molecule has 4 atom stereocenters. The van der Waals surface area contributed by atoms with Crippen LogP contribution in [0.25, 0.3) is 0 Å². The lowest BCUT2D eigenvalue weighted by Crippen LogP contribution is -2.42. The van der Waals surface area contributed by atoms with Gasteiger partial charge in [-0.3, -0.25) is 14.6 Å². The average molecular weight is 274 g/mol. The predicted molar refractivity (Wildman–Crippen MR) is 68.5 cm³/mol. The number of amides is 1. The van der Waals surface area contributed by atoms with Gasteiger partial charge in [0.2, 0.25) is 5.91 Å². The molecule has 6 heteroatoms. The number of hydrogen-bond donors (Lipinski definition) is 2. The van der Waals surface area contributed by atoms with Gasteiger partial charge in [0.25, 0.3) is 0 Å². The van der Waals surface area contributed by atoms with E-state index in [-0.39, 0.29) is 5.91 Å². The summed E-state index contributed by atoms with van der Waals surface area (Å²) in [5.74, 6) is -2.76. The lowest BCUT2D eigenvalue weighted by Gasteiger charge is -2.20. The van der Waals surface area contributed by atoms with Crippen molar-refractivity contribution in [2.45, 2.75) is 18.8 Å². The van der Waals surface area contributed by atoms with Crippen molar-refractivity contribution in [2.24, 2.45) is 11.8 Å². The van der Waals surface area contributed by atoms with Crippen LogP contribution in [-0.4, -0.2) is 34.2 Å². The number of carbonyl (C=O) groups is 2. The largest absolute Gasteiger partial charge is 0.481 e. The lowest BCUT2D eigenvalue weighted by atomic mass is 9.82. The molecule has 0 aromatic carbocycles. The Labute approximate surface area is 115 Å². The molecule has 1 saturated heterocycles. The second kappa shape index (κ2) is 5.05. The molecule has 1 amide bonds. The van der Waals surface area contributed by atoms with Crippen LogP contribution < -0.4 is 5.32 Å². The Hall–Kier alpha value is -2.21. The molecule has 104 valence electrons. The maximum Gasteiger partial charge on any atom is 0.310 e. The molecule has 0 aliphatic carbocycles. The topological polar surface area (TPSA) is 88.5 Å². The van der Waals surface area contributed by atoms with Crippen LogP contribution in [0.2, 0.25) is 0 Å². The van der Waals surface area contributed by atoms with Gasteiger partial charge in [0, 0.05) is 18.9 Å². The Morgan fingerprint density at radius 2 is 2.05 bits per heavy atom. The number of nitrogens with zero attached hydrogens (tertiary/aromatic N) is 1. The number of pyridine rings is 1. The minimum Gasteiger partial charge on any atom is -0.481 e. The number of carboxylic acids is 1. The number of carbonyl (C=O) groups excluding carboxylic acids is 1. The van der Waals surface area contributed by atoms with E-state index >= 15 is 0 Å². The third kappa shape index (κ3) is 2.18. The molecule has 1 fully saturated rings. The monoisotopic (exact) mass is 274 g/mol. The molecular formula is C14H14N2O4. The summed E-state index contributed by atoms with van der Waals surface area (Å²) in [6.45, 7) is 0.330. The summed E-state index contributed by atoms with van der Waals surface area (Å²) >= 11 is 0. The molecule has 2 aliphatic rings. The van der Waals surface area contributed by atoms with Gasteiger partial charge in [-0.2, -0.15) is 0 Å². The van der Waals surface area contributed by atoms with Crippen molar-refractivity contribution in [3.05, 3.63) is 42.2 Å². The second-order valence-corrected chi connectivity index (χ2v) is 4.92. The van der Waals surface area contributed by atoms with Crippen molar-refractivity contribution in [2.75, 3.05) is 0 Å². The lowest BCUT2D eigenvalue weighted by molar-refractivity contribution is -0.146. The van der Waals surface area contributed by atoms with Gasteiger partial charge < -0.3 is 15.2 Å². The Balaban J connectivity index is 1.68. The summed E-state index contributed by atoms with van der Waals surface area (Å²) in [5, 5.41) is 12.0. The van der Waals surface area contributed by atoms with Crippen LogP contribution in [0.1, 0.15) is 5.56 Å². The quantitative estimate of drug-likeness (QED) is 0.773. The fourth-order valence-corrected chi connectivity index (χ4v) is 2.72. The molecule has 2 aliphatic heterocycles. The average Bonchev–Trinajstić information content (AvgIpc) is 3.06. The Morgan fingerprint density at radius 1 is 1.30 bits per heavy atom. The summed E-state index contributed by atoms with van der Waals surface area (Å²) in [6, 6.07) is 3.63. The molecule has 0 spiro atoms. The molecule has 3 rings (SSSR count). The fourth-order valence-electron chi connectivity index (χ4n) is 2.72. The van der Waals surface area contributed by atoms with Gasteiger partial charge >= 0.3 is 5.97 Å². The van der Waals surface area contributed by atoms with Gasteiger partial charge in [-0.15, -0.1) is 0 Å². The molecule has 0 unspecified atom stereocenters. The smallest absolute Gasteiger partial charge is 0.310 e. The minimum atomic E-state index is -0.997. The van der Waals surface area contributed by atoms with Gasteiger partial charge in [-0.25, -0.2) is 0 Å². The first kappa shape index (κ1) is 12.8. The van der Waals surface area contributed by atoms with Crippen LogP contribution in [0.4, 0.5) is 0 Å². The molecule has 6 nitrogen and oxygen atoms in total. The Kier molecular flexibility index (Phi) is 3.23. The summed E-state index contributed by atoms with van der Waals surface area (Å²) in [6.07, 6.45) is 5.86. The van der Waals surface area contributed by atoms with E-state index in [1.54, 1.807) is 30.6 Å². The van der Waals surface area contributed by atoms with Crippen LogP contribution in [-0.2, 0) is 20.9 Å². The van der Waals surface area contributed by atoms with Crippen LogP contribution in [0.3, 0.4) is 0 Å². The van der Waals surface area contributed by atoms with Crippen molar-refractivity contribution in [3.63, 3.8) is 0 Å².